The second-order valence-electron chi connectivity index (χ2n) is 4.31. The van der Waals surface area contributed by atoms with Crippen LogP contribution in [0.25, 0.3) is 0 Å². The molecule has 0 bridgehead atoms. The van der Waals surface area contributed by atoms with Gasteiger partial charge in [-0.1, -0.05) is 28.1 Å². The Bertz CT molecular complexity index is 806. The zero-order valence-electron chi connectivity index (χ0n) is 10.9. The lowest BCUT2D eigenvalue weighted by Gasteiger charge is -2.10. The zero-order valence-corrected chi connectivity index (χ0v) is 13.3. The highest BCUT2D eigenvalue weighted by Gasteiger charge is 2.17. The van der Waals surface area contributed by atoms with Gasteiger partial charge in [-0.2, -0.15) is 0 Å². The molecule has 0 spiro atoms. The minimum absolute atomic E-state index is 0.0995. The molecule has 0 saturated heterocycles. The summed E-state index contributed by atoms with van der Waals surface area (Å²) in [6.07, 6.45) is 0. The summed E-state index contributed by atoms with van der Waals surface area (Å²) in [5, 5.41) is 0. The van der Waals surface area contributed by atoms with Crippen molar-refractivity contribution in [1.29, 1.82) is 0 Å². The first-order valence-electron chi connectivity index (χ1n) is 5.88. The molecule has 0 atom stereocenters. The number of carbonyl (C=O) groups is 1. The molecule has 2 aromatic rings. The highest BCUT2D eigenvalue weighted by atomic mass is 79.9. The van der Waals surface area contributed by atoms with E-state index in [4.69, 9.17) is 0 Å². The maximum atomic E-state index is 13.7. The number of benzene rings is 2. The standard InChI is InChI=1S/C14H11BrFNO3S/c1-9(18)10-3-2-4-12(7-10)21(19,20)17-14-6-5-11(15)8-13(14)16/h2-8,17H,1H3. The van der Waals surface area contributed by atoms with Gasteiger partial charge in [-0.3, -0.25) is 9.52 Å². The van der Waals surface area contributed by atoms with Crippen LogP contribution in [-0.2, 0) is 10.0 Å². The average molecular weight is 372 g/mol. The van der Waals surface area contributed by atoms with E-state index in [0.717, 1.165) is 6.07 Å². The summed E-state index contributed by atoms with van der Waals surface area (Å²) in [5.74, 6) is -0.947. The predicted octanol–water partition coefficient (Wildman–Crippen LogP) is 3.59. The number of sulfonamides is 1. The highest BCUT2D eigenvalue weighted by Crippen LogP contribution is 2.23. The van der Waals surface area contributed by atoms with E-state index in [1.165, 1.54) is 43.3 Å². The molecule has 0 heterocycles. The van der Waals surface area contributed by atoms with E-state index in [1.54, 1.807) is 0 Å². The van der Waals surface area contributed by atoms with Crippen molar-refractivity contribution in [1.82, 2.24) is 0 Å². The van der Waals surface area contributed by atoms with Crippen molar-refractivity contribution in [3.8, 4) is 0 Å². The Morgan fingerprint density at radius 2 is 1.90 bits per heavy atom. The zero-order chi connectivity index (χ0) is 15.6. The van der Waals surface area contributed by atoms with Crippen LogP contribution in [0.5, 0.6) is 0 Å². The second-order valence-corrected chi connectivity index (χ2v) is 6.91. The van der Waals surface area contributed by atoms with Crippen LogP contribution < -0.4 is 4.72 Å². The monoisotopic (exact) mass is 371 g/mol. The molecule has 2 rings (SSSR count). The molecule has 0 aliphatic heterocycles. The van der Waals surface area contributed by atoms with Crippen molar-refractivity contribution in [2.45, 2.75) is 11.8 Å². The van der Waals surface area contributed by atoms with E-state index in [1.807, 2.05) is 0 Å². The predicted molar refractivity (Wildman–Crippen MR) is 81.4 cm³/mol. The van der Waals surface area contributed by atoms with E-state index < -0.39 is 15.8 Å². The molecule has 0 saturated carbocycles. The third kappa shape index (κ3) is 3.68. The first-order valence-corrected chi connectivity index (χ1v) is 8.16. The minimum atomic E-state index is -3.96. The van der Waals surface area contributed by atoms with Crippen LogP contribution in [0.3, 0.4) is 0 Å². The number of ketones is 1. The van der Waals surface area contributed by atoms with Gasteiger partial charge in [0.1, 0.15) is 5.82 Å². The lowest BCUT2D eigenvalue weighted by molar-refractivity contribution is 0.101. The molecular formula is C14H11BrFNO3S. The van der Waals surface area contributed by atoms with Gasteiger partial charge in [0.2, 0.25) is 0 Å². The van der Waals surface area contributed by atoms with Gasteiger partial charge in [0.15, 0.2) is 5.78 Å². The summed E-state index contributed by atoms with van der Waals surface area (Å²) in [5.41, 5.74) is 0.112. The van der Waals surface area contributed by atoms with Gasteiger partial charge in [0.05, 0.1) is 10.6 Å². The Morgan fingerprint density at radius 1 is 1.19 bits per heavy atom. The molecule has 4 nitrogen and oxygen atoms in total. The third-order valence-corrected chi connectivity index (χ3v) is 4.58. The lowest BCUT2D eigenvalue weighted by Crippen LogP contribution is -2.14. The number of rotatable bonds is 4. The van der Waals surface area contributed by atoms with E-state index in [9.17, 15) is 17.6 Å². The number of hydrogen-bond acceptors (Lipinski definition) is 3. The molecule has 21 heavy (non-hydrogen) atoms. The van der Waals surface area contributed by atoms with E-state index in [0.29, 0.717) is 4.47 Å². The van der Waals surface area contributed by atoms with Gasteiger partial charge in [0.25, 0.3) is 10.0 Å². The Labute approximate surface area is 130 Å². The molecule has 0 aliphatic rings. The van der Waals surface area contributed by atoms with E-state index >= 15 is 0 Å². The number of carbonyl (C=O) groups excluding carboxylic acids is 1. The smallest absolute Gasteiger partial charge is 0.262 e. The highest BCUT2D eigenvalue weighted by molar-refractivity contribution is 9.10. The van der Waals surface area contributed by atoms with Crippen molar-refractivity contribution in [2.24, 2.45) is 0 Å². The molecule has 0 aromatic heterocycles. The van der Waals surface area contributed by atoms with Crippen LogP contribution in [-0.4, -0.2) is 14.2 Å². The van der Waals surface area contributed by atoms with Crippen LogP contribution >= 0.6 is 15.9 Å². The summed E-state index contributed by atoms with van der Waals surface area (Å²) in [6, 6.07) is 9.56. The SMILES string of the molecule is CC(=O)c1cccc(S(=O)(=O)Nc2ccc(Br)cc2F)c1. The van der Waals surface area contributed by atoms with E-state index in [2.05, 4.69) is 20.7 Å². The number of halogens is 2. The number of Topliss-reactive ketones (excluding diaryl/α,β-unsaturated/α-hetero) is 1. The van der Waals surface area contributed by atoms with Gasteiger partial charge in [-0.25, -0.2) is 12.8 Å². The van der Waals surface area contributed by atoms with Gasteiger partial charge in [0, 0.05) is 10.0 Å². The molecule has 1 N–H and O–H groups in total. The van der Waals surface area contributed by atoms with Gasteiger partial charge < -0.3 is 0 Å². The molecule has 2 aromatic carbocycles. The normalized spacial score (nSPS) is 11.2. The van der Waals surface area contributed by atoms with Gasteiger partial charge in [-0.15, -0.1) is 0 Å². The molecule has 110 valence electrons. The molecule has 0 fully saturated rings. The Kier molecular flexibility index (Phi) is 4.43. The van der Waals surface area contributed by atoms with Crippen LogP contribution in [0.15, 0.2) is 51.8 Å². The van der Waals surface area contributed by atoms with Crippen molar-refractivity contribution in [3.05, 3.63) is 58.3 Å². The molecule has 7 heteroatoms. The fourth-order valence-electron chi connectivity index (χ4n) is 1.66. The molecular weight excluding hydrogens is 361 g/mol. The minimum Gasteiger partial charge on any atom is -0.295 e. The van der Waals surface area contributed by atoms with Gasteiger partial charge in [-0.05, 0) is 37.3 Å². The molecule has 0 radical (unpaired) electrons. The van der Waals surface area contributed by atoms with Crippen LogP contribution in [0, 0.1) is 5.82 Å². The van der Waals surface area contributed by atoms with Crippen molar-refractivity contribution in [2.75, 3.05) is 4.72 Å². The first kappa shape index (κ1) is 15.7. The summed E-state index contributed by atoms with van der Waals surface area (Å²) < 4.78 is 40.8. The maximum absolute atomic E-state index is 13.7. The number of nitrogens with one attached hydrogen (secondary N) is 1. The fraction of sp³-hybridized carbons (Fsp3) is 0.0714. The van der Waals surface area contributed by atoms with Crippen LogP contribution in [0.1, 0.15) is 17.3 Å². The van der Waals surface area contributed by atoms with Gasteiger partial charge >= 0.3 is 0 Å². The first-order chi connectivity index (χ1) is 9.79. The van der Waals surface area contributed by atoms with Crippen LogP contribution in [0.2, 0.25) is 0 Å². The quantitative estimate of drug-likeness (QED) is 0.835. The van der Waals surface area contributed by atoms with E-state index in [-0.39, 0.29) is 21.9 Å². The largest absolute Gasteiger partial charge is 0.295 e. The topological polar surface area (TPSA) is 63.2 Å². The van der Waals surface area contributed by atoms with Crippen molar-refractivity contribution >= 4 is 37.4 Å². The number of hydrogen-bond donors (Lipinski definition) is 1. The maximum Gasteiger partial charge on any atom is 0.262 e. The molecule has 0 aliphatic carbocycles. The summed E-state index contributed by atoms with van der Waals surface area (Å²) in [4.78, 5) is 11.2. The Balaban J connectivity index is 2.38. The summed E-state index contributed by atoms with van der Waals surface area (Å²) in [7, 11) is -3.96. The Hall–Kier alpha value is -1.73. The molecule has 0 amide bonds. The average Bonchev–Trinajstić information content (AvgIpc) is 2.42. The fourth-order valence-corrected chi connectivity index (χ4v) is 3.10. The Morgan fingerprint density at radius 3 is 2.52 bits per heavy atom. The van der Waals surface area contributed by atoms with Crippen LogP contribution in [0.4, 0.5) is 10.1 Å². The summed E-state index contributed by atoms with van der Waals surface area (Å²) >= 11 is 3.09. The lowest BCUT2D eigenvalue weighted by atomic mass is 10.2. The van der Waals surface area contributed by atoms with Crippen molar-refractivity contribution < 1.29 is 17.6 Å². The number of anilines is 1. The second kappa shape index (κ2) is 5.95. The summed E-state index contributed by atoms with van der Waals surface area (Å²) in [6.45, 7) is 1.34. The third-order valence-electron chi connectivity index (χ3n) is 2.73. The molecule has 0 unspecified atom stereocenters. The van der Waals surface area contributed by atoms with Crippen molar-refractivity contribution in [3.63, 3.8) is 0 Å².